The van der Waals surface area contributed by atoms with Crippen molar-refractivity contribution in [1.82, 2.24) is 5.32 Å². The van der Waals surface area contributed by atoms with Gasteiger partial charge in [0.05, 0.1) is 4.92 Å². The van der Waals surface area contributed by atoms with Crippen LogP contribution in [0.4, 0.5) is 5.69 Å². The first-order valence-corrected chi connectivity index (χ1v) is 8.01. The van der Waals surface area contributed by atoms with Crippen LogP contribution in [0.25, 0.3) is 5.57 Å². The number of amides is 1. The molecule has 1 aromatic rings. The van der Waals surface area contributed by atoms with Crippen molar-refractivity contribution in [1.29, 1.82) is 0 Å². The predicted octanol–water partition coefficient (Wildman–Crippen LogP) is 3.66. The van der Waals surface area contributed by atoms with E-state index >= 15 is 0 Å². The molecule has 0 atom stereocenters. The van der Waals surface area contributed by atoms with E-state index in [4.69, 9.17) is 0 Å². The molecule has 0 aromatic heterocycles. The number of non-ortho nitro benzene ring substituents is 1. The Morgan fingerprint density at radius 3 is 2.57 bits per heavy atom. The summed E-state index contributed by atoms with van der Waals surface area (Å²) in [6.07, 6.45) is 5.54. The van der Waals surface area contributed by atoms with Gasteiger partial charge in [-0.15, -0.1) is 0 Å². The lowest BCUT2D eigenvalue weighted by atomic mass is 9.95. The maximum atomic E-state index is 12.2. The van der Waals surface area contributed by atoms with Crippen LogP contribution in [-0.2, 0) is 4.79 Å². The van der Waals surface area contributed by atoms with Crippen LogP contribution in [0.3, 0.4) is 0 Å². The average Bonchev–Trinajstić information content (AvgIpc) is 2.47. The summed E-state index contributed by atoms with van der Waals surface area (Å²) in [6, 6.07) is 4.66. The van der Waals surface area contributed by atoms with E-state index < -0.39 is 4.92 Å². The molecule has 6 heteroatoms. The number of nitrogens with zero attached hydrogens (tertiary/aromatic N) is 1. The number of hydrogen-bond acceptors (Lipinski definition) is 3. The Morgan fingerprint density at radius 1 is 1.33 bits per heavy atom. The molecule has 1 aliphatic carbocycles. The van der Waals surface area contributed by atoms with Gasteiger partial charge in [0.25, 0.3) is 11.6 Å². The molecule has 1 saturated carbocycles. The lowest BCUT2D eigenvalue weighted by Crippen LogP contribution is -2.36. The van der Waals surface area contributed by atoms with Crippen LogP contribution < -0.4 is 5.32 Å². The van der Waals surface area contributed by atoms with Crippen molar-refractivity contribution in [2.45, 2.75) is 38.1 Å². The maximum absolute atomic E-state index is 12.2. The zero-order valence-electron chi connectivity index (χ0n) is 11.6. The van der Waals surface area contributed by atoms with Crippen LogP contribution in [0.5, 0.6) is 0 Å². The van der Waals surface area contributed by atoms with Crippen LogP contribution in [0.1, 0.15) is 37.7 Å². The van der Waals surface area contributed by atoms with Gasteiger partial charge < -0.3 is 5.32 Å². The number of hydrogen-bond donors (Lipinski definition) is 1. The molecule has 1 N–H and O–H groups in total. The zero-order chi connectivity index (χ0) is 15.4. The van der Waals surface area contributed by atoms with Gasteiger partial charge in [0.15, 0.2) is 0 Å². The molecule has 21 heavy (non-hydrogen) atoms. The molecule has 112 valence electrons. The Hall–Kier alpha value is -1.44. The van der Waals surface area contributed by atoms with Gasteiger partial charge in [-0.3, -0.25) is 14.9 Å². The first-order valence-electron chi connectivity index (χ1n) is 6.93. The third-order valence-electron chi connectivity index (χ3n) is 3.70. The van der Waals surface area contributed by atoms with Crippen LogP contribution in [0.2, 0.25) is 0 Å². The average molecular weight is 400 g/mol. The molecule has 1 aromatic carbocycles. The summed E-state index contributed by atoms with van der Waals surface area (Å²) in [4.78, 5) is 22.5. The van der Waals surface area contributed by atoms with Crippen LogP contribution in [0.15, 0.2) is 24.8 Å². The number of nitrogens with one attached hydrogen (secondary N) is 1. The smallest absolute Gasteiger partial charge is 0.270 e. The van der Waals surface area contributed by atoms with Gasteiger partial charge in [-0.2, -0.15) is 0 Å². The second kappa shape index (κ2) is 7.02. The third kappa shape index (κ3) is 4.03. The molecule has 0 heterocycles. The quantitative estimate of drug-likeness (QED) is 0.363. The van der Waals surface area contributed by atoms with E-state index in [1.807, 2.05) is 22.6 Å². The Balaban J connectivity index is 2.08. The van der Waals surface area contributed by atoms with Crippen LogP contribution >= 0.6 is 22.6 Å². The van der Waals surface area contributed by atoms with Crippen molar-refractivity contribution in [3.8, 4) is 0 Å². The highest BCUT2D eigenvalue weighted by Crippen LogP contribution is 2.25. The molecule has 1 aliphatic rings. The van der Waals surface area contributed by atoms with Crippen LogP contribution in [0, 0.1) is 13.7 Å². The highest BCUT2D eigenvalue weighted by atomic mass is 127. The minimum absolute atomic E-state index is 0.0173. The van der Waals surface area contributed by atoms with E-state index in [9.17, 15) is 14.9 Å². The highest BCUT2D eigenvalue weighted by Gasteiger charge is 2.20. The number of nitro groups is 1. The summed E-state index contributed by atoms with van der Waals surface area (Å²) < 4.78 is 0.658. The van der Waals surface area contributed by atoms with Gasteiger partial charge >= 0.3 is 0 Å². The van der Waals surface area contributed by atoms with E-state index in [1.54, 1.807) is 6.07 Å². The first kappa shape index (κ1) is 15.9. The Labute approximate surface area is 137 Å². The van der Waals surface area contributed by atoms with Crippen molar-refractivity contribution in [3.05, 3.63) is 44.0 Å². The van der Waals surface area contributed by atoms with Crippen molar-refractivity contribution >= 4 is 39.8 Å². The minimum atomic E-state index is -0.448. The van der Waals surface area contributed by atoms with Gasteiger partial charge in [0, 0.05) is 32.9 Å². The summed E-state index contributed by atoms with van der Waals surface area (Å²) in [6.45, 7) is 3.84. The summed E-state index contributed by atoms with van der Waals surface area (Å²) in [7, 11) is 0. The van der Waals surface area contributed by atoms with Crippen molar-refractivity contribution in [2.24, 2.45) is 0 Å². The topological polar surface area (TPSA) is 72.2 Å². The second-order valence-corrected chi connectivity index (χ2v) is 6.37. The van der Waals surface area contributed by atoms with E-state index in [-0.39, 0.29) is 17.6 Å². The maximum Gasteiger partial charge on any atom is 0.270 e. The molecule has 5 nitrogen and oxygen atoms in total. The molecule has 1 amide bonds. The normalized spacial score (nSPS) is 15.5. The number of nitro benzene ring substituents is 1. The molecule has 2 rings (SSSR count). The molecule has 1 fully saturated rings. The lowest BCUT2D eigenvalue weighted by molar-refractivity contribution is -0.384. The molecule has 0 bridgehead atoms. The van der Waals surface area contributed by atoms with E-state index in [0.29, 0.717) is 14.7 Å². The number of carbonyl (C=O) groups is 1. The highest BCUT2D eigenvalue weighted by molar-refractivity contribution is 14.1. The first-order chi connectivity index (χ1) is 9.99. The zero-order valence-corrected chi connectivity index (χ0v) is 13.8. The Morgan fingerprint density at radius 2 is 2.00 bits per heavy atom. The molecule has 0 radical (unpaired) electrons. The van der Waals surface area contributed by atoms with E-state index in [0.717, 1.165) is 25.7 Å². The number of carbonyl (C=O) groups excluding carboxylic acids is 1. The minimum Gasteiger partial charge on any atom is -0.349 e. The number of halogens is 1. The summed E-state index contributed by atoms with van der Waals surface area (Å²) >= 11 is 1.99. The van der Waals surface area contributed by atoms with E-state index in [1.165, 1.54) is 18.6 Å². The molecule has 0 saturated heterocycles. The second-order valence-electron chi connectivity index (χ2n) is 5.21. The fourth-order valence-electron chi connectivity index (χ4n) is 2.50. The molecule has 0 aliphatic heterocycles. The largest absolute Gasteiger partial charge is 0.349 e. The number of benzene rings is 1. The van der Waals surface area contributed by atoms with Crippen LogP contribution in [-0.4, -0.2) is 16.9 Å². The lowest BCUT2D eigenvalue weighted by Gasteiger charge is -2.23. The standard InChI is InChI=1S/C15H17IN2O3/c1-10(15(19)17-11-5-3-2-4-6-11)13-8-7-12(18(20)21)9-14(13)16/h7-9,11H,1-6H2,(H,17,19). The third-order valence-corrected chi connectivity index (χ3v) is 4.60. The fraction of sp³-hybridized carbons (Fsp3) is 0.400. The molecule has 0 spiro atoms. The van der Waals surface area contributed by atoms with Crippen molar-refractivity contribution in [2.75, 3.05) is 0 Å². The van der Waals surface area contributed by atoms with E-state index in [2.05, 4.69) is 11.9 Å². The van der Waals surface area contributed by atoms with Crippen molar-refractivity contribution < 1.29 is 9.72 Å². The van der Waals surface area contributed by atoms with Gasteiger partial charge in [-0.05, 0) is 41.5 Å². The van der Waals surface area contributed by atoms with Gasteiger partial charge in [-0.25, -0.2) is 0 Å². The number of rotatable bonds is 4. The van der Waals surface area contributed by atoms with Gasteiger partial charge in [0.1, 0.15) is 0 Å². The SMILES string of the molecule is C=C(C(=O)NC1CCCCC1)c1ccc([N+](=O)[O-])cc1I. The summed E-state index contributed by atoms with van der Waals surface area (Å²) in [5.74, 6) is -0.186. The van der Waals surface area contributed by atoms with Gasteiger partial charge in [-0.1, -0.05) is 25.8 Å². The Bertz CT molecular complexity index is 580. The van der Waals surface area contributed by atoms with Crippen molar-refractivity contribution in [3.63, 3.8) is 0 Å². The molecule has 0 unspecified atom stereocenters. The monoisotopic (exact) mass is 400 g/mol. The van der Waals surface area contributed by atoms with Gasteiger partial charge in [0.2, 0.25) is 0 Å². The molecular formula is C15H17IN2O3. The fourth-order valence-corrected chi connectivity index (χ4v) is 3.33. The molecular weight excluding hydrogens is 383 g/mol. The predicted molar refractivity (Wildman–Crippen MR) is 89.9 cm³/mol. The Kier molecular flexibility index (Phi) is 5.33. The summed E-state index contributed by atoms with van der Waals surface area (Å²) in [5.41, 5.74) is 1.03. The summed E-state index contributed by atoms with van der Waals surface area (Å²) in [5, 5.41) is 13.7.